The largest absolute Gasteiger partial charge is 0.0917 e. The molecule has 2 aromatic carbocycles. The van der Waals surface area contributed by atoms with Crippen LogP contribution in [0.1, 0.15) is 88.7 Å². The van der Waals surface area contributed by atoms with Crippen LogP contribution < -0.4 is 0 Å². The van der Waals surface area contributed by atoms with Crippen LogP contribution >= 0.6 is 0 Å². The van der Waals surface area contributed by atoms with Crippen molar-refractivity contribution in [1.82, 2.24) is 0 Å². The topological polar surface area (TPSA) is 0 Å². The van der Waals surface area contributed by atoms with E-state index >= 15 is 0 Å². The van der Waals surface area contributed by atoms with Crippen LogP contribution in [0.5, 0.6) is 0 Å². The van der Waals surface area contributed by atoms with Crippen molar-refractivity contribution in [1.29, 1.82) is 0 Å². The molecule has 2 aliphatic carbocycles. The Labute approximate surface area is 184 Å². The highest BCUT2D eigenvalue weighted by Gasteiger charge is 2.30. The maximum atomic E-state index is 2.48. The summed E-state index contributed by atoms with van der Waals surface area (Å²) in [4.78, 5) is 0. The Morgan fingerprint density at radius 1 is 0.733 bits per heavy atom. The molecular formula is C30H40. The fourth-order valence-electron chi connectivity index (χ4n) is 6.14. The molecule has 0 radical (unpaired) electrons. The summed E-state index contributed by atoms with van der Waals surface area (Å²) >= 11 is 0. The minimum absolute atomic E-state index is 0.777. The van der Waals surface area contributed by atoms with E-state index in [0.717, 1.165) is 36.5 Å². The van der Waals surface area contributed by atoms with Crippen LogP contribution in [0.4, 0.5) is 0 Å². The Hall–Kier alpha value is -1.82. The van der Waals surface area contributed by atoms with E-state index in [-0.39, 0.29) is 0 Å². The number of benzene rings is 2. The second kappa shape index (κ2) is 10.5. The number of aryl methyl sites for hydroxylation is 1. The molecule has 30 heavy (non-hydrogen) atoms. The van der Waals surface area contributed by atoms with Gasteiger partial charge in [-0.05, 0) is 124 Å². The van der Waals surface area contributed by atoms with Crippen molar-refractivity contribution in [3.63, 3.8) is 0 Å². The standard InChI is InChI=1S/C30H40/c1-3-5-6-8-24-11-14-30-22-29(20-19-28(30)21-24)27-17-15-26(16-18-27)25-12-9-23(7-4-2)10-13-25/h3-5,7,11,14,19-23,25-27H,6,8-10,12-13,15-18H2,1-2H3/b5-3+,7-4+. The zero-order valence-corrected chi connectivity index (χ0v) is 19.2. The summed E-state index contributed by atoms with van der Waals surface area (Å²) in [5.41, 5.74) is 3.04. The molecule has 0 unspecified atom stereocenters. The molecule has 0 N–H and O–H groups in total. The molecule has 0 atom stereocenters. The van der Waals surface area contributed by atoms with Gasteiger partial charge in [-0.1, -0.05) is 60.7 Å². The van der Waals surface area contributed by atoms with Gasteiger partial charge in [0, 0.05) is 0 Å². The fraction of sp³-hybridized carbons (Fsp3) is 0.533. The van der Waals surface area contributed by atoms with Gasteiger partial charge in [0.25, 0.3) is 0 Å². The smallest absolute Gasteiger partial charge is 0.0162 e. The molecule has 2 aliphatic rings. The summed E-state index contributed by atoms with van der Waals surface area (Å²) in [6, 6.07) is 14.3. The molecule has 4 rings (SSSR count). The molecule has 0 amide bonds. The van der Waals surface area contributed by atoms with E-state index in [9.17, 15) is 0 Å². The predicted octanol–water partition coefficient (Wildman–Crippen LogP) is 9.00. The summed E-state index contributed by atoms with van der Waals surface area (Å²) < 4.78 is 0. The van der Waals surface area contributed by atoms with E-state index in [1.165, 1.54) is 67.7 Å². The number of hydrogen-bond donors (Lipinski definition) is 0. The minimum atomic E-state index is 0.777. The lowest BCUT2D eigenvalue weighted by Crippen LogP contribution is -2.25. The third kappa shape index (κ3) is 5.26. The van der Waals surface area contributed by atoms with Crippen LogP contribution in [0.25, 0.3) is 10.8 Å². The Balaban J connectivity index is 1.33. The van der Waals surface area contributed by atoms with Gasteiger partial charge < -0.3 is 0 Å². The summed E-state index contributed by atoms with van der Waals surface area (Å²) in [5.74, 6) is 3.64. The van der Waals surface area contributed by atoms with E-state index in [1.54, 1.807) is 5.56 Å². The highest BCUT2D eigenvalue weighted by molar-refractivity contribution is 5.84. The molecule has 0 heteroatoms. The molecule has 0 aliphatic heterocycles. The van der Waals surface area contributed by atoms with Crippen molar-refractivity contribution in [3.8, 4) is 0 Å². The first kappa shape index (κ1) is 21.4. The molecular weight excluding hydrogens is 360 g/mol. The lowest BCUT2D eigenvalue weighted by atomic mass is 9.68. The average Bonchev–Trinajstić information content (AvgIpc) is 2.80. The number of hydrogen-bond acceptors (Lipinski definition) is 0. The van der Waals surface area contributed by atoms with Crippen LogP contribution in [-0.2, 0) is 6.42 Å². The van der Waals surface area contributed by atoms with Crippen LogP contribution in [0.15, 0.2) is 60.7 Å². The van der Waals surface area contributed by atoms with E-state index in [2.05, 4.69) is 74.5 Å². The van der Waals surface area contributed by atoms with Gasteiger partial charge in [0.2, 0.25) is 0 Å². The van der Waals surface area contributed by atoms with Gasteiger partial charge >= 0.3 is 0 Å². The Kier molecular flexibility index (Phi) is 7.47. The molecule has 0 heterocycles. The molecule has 0 nitrogen and oxygen atoms in total. The third-order valence-electron chi connectivity index (χ3n) is 7.96. The highest BCUT2D eigenvalue weighted by atomic mass is 14.4. The number of rotatable bonds is 6. The van der Waals surface area contributed by atoms with Crippen LogP contribution in [0.3, 0.4) is 0 Å². The van der Waals surface area contributed by atoms with E-state index in [0.29, 0.717) is 0 Å². The Morgan fingerprint density at radius 3 is 2.10 bits per heavy atom. The Morgan fingerprint density at radius 2 is 1.40 bits per heavy atom. The van der Waals surface area contributed by atoms with Gasteiger partial charge in [0.1, 0.15) is 0 Å². The molecule has 0 spiro atoms. The molecule has 2 saturated carbocycles. The summed E-state index contributed by atoms with van der Waals surface area (Å²) in [7, 11) is 0. The molecule has 0 saturated heterocycles. The van der Waals surface area contributed by atoms with Gasteiger partial charge in [-0.3, -0.25) is 0 Å². The maximum Gasteiger partial charge on any atom is -0.0162 e. The molecule has 0 aromatic heterocycles. The van der Waals surface area contributed by atoms with Gasteiger partial charge in [-0.25, -0.2) is 0 Å². The van der Waals surface area contributed by atoms with Gasteiger partial charge in [-0.2, -0.15) is 0 Å². The van der Waals surface area contributed by atoms with Crippen molar-refractivity contribution in [2.75, 3.05) is 0 Å². The van der Waals surface area contributed by atoms with E-state index in [4.69, 9.17) is 0 Å². The van der Waals surface area contributed by atoms with Gasteiger partial charge in [0.05, 0.1) is 0 Å². The predicted molar refractivity (Wildman–Crippen MR) is 132 cm³/mol. The summed E-state index contributed by atoms with van der Waals surface area (Å²) in [6.07, 6.45) is 22.9. The normalized spacial score (nSPS) is 27.9. The molecule has 160 valence electrons. The number of fused-ring (bicyclic) bond motifs is 1. The van der Waals surface area contributed by atoms with Crippen LogP contribution in [0, 0.1) is 17.8 Å². The van der Waals surface area contributed by atoms with Crippen molar-refractivity contribution in [2.45, 2.75) is 84.0 Å². The van der Waals surface area contributed by atoms with Gasteiger partial charge in [-0.15, -0.1) is 0 Å². The SMILES string of the molecule is C/C=C/CCc1ccc2cc(C3CCC(C4CCC(/C=C/C)CC4)CC3)ccc2c1. The molecule has 2 fully saturated rings. The van der Waals surface area contributed by atoms with Crippen molar-refractivity contribution in [2.24, 2.45) is 17.8 Å². The lowest BCUT2D eigenvalue weighted by Gasteiger charge is -2.37. The minimum Gasteiger partial charge on any atom is -0.0917 e. The molecule has 0 bridgehead atoms. The first-order valence-electron chi connectivity index (χ1n) is 12.5. The zero-order chi connectivity index (χ0) is 20.8. The van der Waals surface area contributed by atoms with Crippen molar-refractivity contribution < 1.29 is 0 Å². The van der Waals surface area contributed by atoms with E-state index in [1.807, 2.05) is 0 Å². The third-order valence-corrected chi connectivity index (χ3v) is 7.96. The monoisotopic (exact) mass is 400 g/mol. The van der Waals surface area contributed by atoms with E-state index < -0.39 is 0 Å². The van der Waals surface area contributed by atoms with Gasteiger partial charge in [0.15, 0.2) is 0 Å². The highest BCUT2D eigenvalue weighted by Crippen LogP contribution is 2.44. The summed E-state index contributed by atoms with van der Waals surface area (Å²) in [5, 5.41) is 2.83. The quantitative estimate of drug-likeness (QED) is 0.424. The zero-order valence-electron chi connectivity index (χ0n) is 19.2. The second-order valence-electron chi connectivity index (χ2n) is 9.86. The maximum absolute atomic E-state index is 2.48. The number of allylic oxidation sites excluding steroid dienone is 4. The lowest BCUT2D eigenvalue weighted by molar-refractivity contribution is 0.171. The molecule has 2 aromatic rings. The summed E-state index contributed by atoms with van der Waals surface area (Å²) in [6.45, 7) is 4.27. The first-order chi connectivity index (χ1) is 14.8. The van der Waals surface area contributed by atoms with Crippen molar-refractivity contribution in [3.05, 3.63) is 71.8 Å². The van der Waals surface area contributed by atoms with Crippen molar-refractivity contribution >= 4 is 10.8 Å². The fourth-order valence-corrected chi connectivity index (χ4v) is 6.14. The average molecular weight is 401 g/mol. The second-order valence-corrected chi connectivity index (χ2v) is 9.86. The first-order valence-corrected chi connectivity index (χ1v) is 12.5. The van der Waals surface area contributed by atoms with Crippen LogP contribution in [0.2, 0.25) is 0 Å². The van der Waals surface area contributed by atoms with Crippen LogP contribution in [-0.4, -0.2) is 0 Å². The Bertz CT molecular complexity index is 855.